The number of pyridine rings is 1. The van der Waals surface area contributed by atoms with Crippen LogP contribution in [0.2, 0.25) is 0 Å². The highest BCUT2D eigenvalue weighted by molar-refractivity contribution is 5.44. The topological polar surface area (TPSA) is 73.0 Å². The van der Waals surface area contributed by atoms with Crippen molar-refractivity contribution in [3.05, 3.63) is 80.7 Å². The van der Waals surface area contributed by atoms with Crippen LogP contribution in [0, 0.1) is 11.8 Å². The number of hydrogen-bond donors (Lipinski definition) is 0. The van der Waals surface area contributed by atoms with E-state index in [0.29, 0.717) is 5.65 Å². The summed E-state index contributed by atoms with van der Waals surface area (Å²) in [5.41, 5.74) is 2.23. The van der Waals surface area contributed by atoms with Crippen LogP contribution < -0.4 is 10.3 Å². The minimum absolute atomic E-state index is 0.0663. The maximum absolute atomic E-state index is 12.7. The third-order valence-electron chi connectivity index (χ3n) is 3.44. The van der Waals surface area contributed by atoms with E-state index in [4.69, 9.17) is 4.74 Å². The fraction of sp³-hybridized carbons (Fsp3) is 0.176. The van der Waals surface area contributed by atoms with E-state index >= 15 is 0 Å². The second-order valence-corrected chi connectivity index (χ2v) is 5.19. The number of fused-ring (bicyclic) bond motifs is 1. The molecule has 0 aliphatic carbocycles. The molecule has 6 nitrogen and oxygen atoms in total. The van der Waals surface area contributed by atoms with Gasteiger partial charge in [-0.15, -0.1) is 0 Å². The molecule has 0 amide bonds. The Morgan fingerprint density at radius 3 is 2.70 bits per heavy atom. The molecular formula is C17H15N3O3. The van der Waals surface area contributed by atoms with Crippen molar-refractivity contribution in [3.63, 3.8) is 0 Å². The number of aryl methyl sites for hydroxylation is 1. The fourth-order valence-electron chi connectivity index (χ4n) is 2.32. The van der Waals surface area contributed by atoms with E-state index in [9.17, 15) is 9.70 Å². The van der Waals surface area contributed by atoms with Crippen molar-refractivity contribution in [2.75, 3.05) is 0 Å². The molecule has 23 heavy (non-hydrogen) atoms. The summed E-state index contributed by atoms with van der Waals surface area (Å²) in [7, 11) is 0. The Bertz CT molecular complexity index is 904. The summed E-state index contributed by atoms with van der Waals surface area (Å²) in [6, 6.07) is 13.1. The third kappa shape index (κ3) is 3.11. The normalized spacial score (nSPS) is 10.7. The van der Waals surface area contributed by atoms with Crippen LogP contribution >= 0.6 is 0 Å². The maximum Gasteiger partial charge on any atom is 0.300 e. The van der Waals surface area contributed by atoms with Gasteiger partial charge in [0.15, 0.2) is 0 Å². The van der Waals surface area contributed by atoms with Crippen LogP contribution in [0.1, 0.15) is 16.8 Å². The zero-order chi connectivity index (χ0) is 16.2. The number of ether oxygens (including phenoxy) is 1. The third-order valence-corrected chi connectivity index (χ3v) is 3.44. The van der Waals surface area contributed by atoms with Gasteiger partial charge in [-0.25, -0.2) is 4.98 Å². The van der Waals surface area contributed by atoms with Crippen molar-refractivity contribution in [2.45, 2.75) is 20.1 Å². The number of benzene rings is 1. The van der Waals surface area contributed by atoms with E-state index in [-0.39, 0.29) is 30.2 Å². The van der Waals surface area contributed by atoms with Gasteiger partial charge in [0.05, 0.1) is 0 Å². The van der Waals surface area contributed by atoms with E-state index < -0.39 is 0 Å². The molecule has 0 aliphatic rings. The minimum atomic E-state index is -0.340. The smallest absolute Gasteiger partial charge is 0.300 e. The molecule has 6 heteroatoms. The molecule has 0 bridgehead atoms. The Morgan fingerprint density at radius 2 is 1.96 bits per heavy atom. The molecule has 3 rings (SSSR count). The second-order valence-electron chi connectivity index (χ2n) is 5.19. The lowest BCUT2D eigenvalue weighted by Crippen LogP contribution is -2.20. The summed E-state index contributed by atoms with van der Waals surface area (Å²) in [5, 5.41) is 2.85. The Balaban J connectivity index is 2.05. The molecule has 2 heterocycles. The van der Waals surface area contributed by atoms with Gasteiger partial charge in [0.25, 0.3) is 0 Å². The molecule has 2 aromatic heterocycles. The Kier molecular flexibility index (Phi) is 4.14. The quantitative estimate of drug-likeness (QED) is 0.679. The van der Waals surface area contributed by atoms with Gasteiger partial charge >= 0.3 is 5.56 Å². The van der Waals surface area contributed by atoms with Gasteiger partial charge in [-0.05, 0) is 24.1 Å². The first-order valence-electron chi connectivity index (χ1n) is 7.17. The monoisotopic (exact) mass is 309 g/mol. The molecule has 0 radical (unpaired) electrons. The van der Waals surface area contributed by atoms with Gasteiger partial charge in [0.1, 0.15) is 24.5 Å². The highest BCUT2D eigenvalue weighted by Crippen LogP contribution is 2.16. The van der Waals surface area contributed by atoms with E-state index in [0.717, 1.165) is 11.1 Å². The molecule has 3 aromatic rings. The first kappa shape index (κ1) is 14.9. The van der Waals surface area contributed by atoms with E-state index in [1.165, 1.54) is 4.40 Å². The molecule has 0 atom stereocenters. The van der Waals surface area contributed by atoms with E-state index in [1.807, 2.05) is 43.3 Å². The first-order chi connectivity index (χ1) is 11.2. The largest absolute Gasteiger partial charge is 0.482 e. The van der Waals surface area contributed by atoms with Crippen LogP contribution in [-0.2, 0) is 13.2 Å². The predicted molar refractivity (Wildman–Crippen MR) is 86.5 cm³/mol. The minimum Gasteiger partial charge on any atom is -0.482 e. The highest BCUT2D eigenvalue weighted by Gasteiger charge is 2.15. The van der Waals surface area contributed by atoms with Gasteiger partial charge in [-0.1, -0.05) is 41.6 Å². The van der Waals surface area contributed by atoms with Gasteiger partial charge in [-0.3, -0.25) is 9.20 Å². The van der Waals surface area contributed by atoms with Crippen LogP contribution in [0.15, 0.2) is 58.6 Å². The van der Waals surface area contributed by atoms with Crippen LogP contribution in [0.25, 0.3) is 5.65 Å². The highest BCUT2D eigenvalue weighted by atomic mass is 16.5. The predicted octanol–water partition coefficient (Wildman–Crippen LogP) is 2.85. The SMILES string of the molecule is Cc1ccc2nc(CN=O)c(OCc3ccccc3)c(=O)n2c1. The summed E-state index contributed by atoms with van der Waals surface area (Å²) >= 11 is 0. The number of hydrogen-bond acceptors (Lipinski definition) is 5. The van der Waals surface area contributed by atoms with Crippen molar-refractivity contribution in [3.8, 4) is 5.75 Å². The molecule has 116 valence electrons. The zero-order valence-corrected chi connectivity index (χ0v) is 12.6. The standard InChI is InChI=1S/C17H15N3O3/c1-12-7-8-15-19-14(9-18-22)16(17(21)20(15)10-12)23-11-13-5-3-2-4-6-13/h2-8,10H,9,11H2,1H3. The van der Waals surface area contributed by atoms with Crippen molar-refractivity contribution >= 4 is 5.65 Å². The summed E-state index contributed by atoms with van der Waals surface area (Å²) in [4.78, 5) is 27.6. The summed E-state index contributed by atoms with van der Waals surface area (Å²) < 4.78 is 7.08. The molecule has 0 unspecified atom stereocenters. The lowest BCUT2D eigenvalue weighted by Gasteiger charge is -2.11. The Morgan fingerprint density at radius 1 is 1.17 bits per heavy atom. The molecule has 0 saturated carbocycles. The maximum atomic E-state index is 12.7. The van der Waals surface area contributed by atoms with Crippen LogP contribution in [0.3, 0.4) is 0 Å². The fourth-order valence-corrected chi connectivity index (χ4v) is 2.32. The molecule has 0 fully saturated rings. The van der Waals surface area contributed by atoms with E-state index in [2.05, 4.69) is 10.2 Å². The van der Waals surface area contributed by atoms with Gasteiger partial charge in [0, 0.05) is 6.20 Å². The van der Waals surface area contributed by atoms with Crippen LogP contribution in [-0.4, -0.2) is 9.38 Å². The zero-order valence-electron chi connectivity index (χ0n) is 12.6. The van der Waals surface area contributed by atoms with Crippen molar-refractivity contribution in [1.29, 1.82) is 0 Å². The number of nitrogens with zero attached hydrogens (tertiary/aromatic N) is 3. The molecular weight excluding hydrogens is 294 g/mol. The van der Waals surface area contributed by atoms with Crippen molar-refractivity contribution in [2.24, 2.45) is 5.18 Å². The lowest BCUT2D eigenvalue weighted by molar-refractivity contribution is 0.296. The van der Waals surface area contributed by atoms with Gasteiger partial charge < -0.3 is 4.74 Å². The van der Waals surface area contributed by atoms with Crippen molar-refractivity contribution < 1.29 is 4.74 Å². The molecule has 0 spiro atoms. The second kappa shape index (κ2) is 6.39. The summed E-state index contributed by atoms with van der Waals surface area (Å²) in [5.74, 6) is 0.0663. The Labute approximate surface area is 132 Å². The molecule has 1 aromatic carbocycles. The molecule has 0 N–H and O–H groups in total. The van der Waals surface area contributed by atoms with Gasteiger partial charge in [0.2, 0.25) is 5.75 Å². The van der Waals surface area contributed by atoms with E-state index in [1.54, 1.807) is 12.3 Å². The lowest BCUT2D eigenvalue weighted by atomic mass is 10.2. The van der Waals surface area contributed by atoms with Gasteiger partial charge in [-0.2, -0.15) is 4.91 Å². The Hall–Kier alpha value is -3.02. The van der Waals surface area contributed by atoms with Crippen LogP contribution in [0.5, 0.6) is 5.75 Å². The molecule has 0 saturated heterocycles. The number of nitroso groups, excluding NO2 is 1. The number of aromatic nitrogens is 2. The summed E-state index contributed by atoms with van der Waals surface area (Å²) in [6.07, 6.45) is 1.69. The van der Waals surface area contributed by atoms with Crippen LogP contribution in [0.4, 0.5) is 0 Å². The first-order valence-corrected chi connectivity index (χ1v) is 7.17. The average Bonchev–Trinajstić information content (AvgIpc) is 2.56. The average molecular weight is 309 g/mol. The summed E-state index contributed by atoms with van der Waals surface area (Å²) in [6.45, 7) is 1.91. The number of rotatable bonds is 5. The molecule has 0 aliphatic heterocycles. The van der Waals surface area contributed by atoms with Crippen molar-refractivity contribution in [1.82, 2.24) is 9.38 Å².